The Morgan fingerprint density at radius 3 is 2.45 bits per heavy atom. The third-order valence-corrected chi connectivity index (χ3v) is 5.92. The molecule has 7 nitrogen and oxygen atoms in total. The van der Waals surface area contributed by atoms with Gasteiger partial charge in [-0.1, -0.05) is 23.7 Å². The van der Waals surface area contributed by atoms with E-state index in [1.54, 1.807) is 29.2 Å². The van der Waals surface area contributed by atoms with Crippen LogP contribution in [0.1, 0.15) is 29.1 Å². The third-order valence-electron chi connectivity index (χ3n) is 5.67. The van der Waals surface area contributed by atoms with Crippen LogP contribution in [0.3, 0.4) is 0 Å². The molecule has 0 spiro atoms. The number of ether oxygens (including phenoxy) is 1. The Kier molecular flexibility index (Phi) is 5.61. The lowest BCUT2D eigenvalue weighted by Gasteiger charge is -2.38. The highest BCUT2D eigenvalue weighted by atomic mass is 35.5. The number of hydrogen-bond donors (Lipinski definition) is 0. The zero-order valence-electron chi connectivity index (χ0n) is 17.0. The van der Waals surface area contributed by atoms with E-state index in [0.29, 0.717) is 29.6 Å². The molecular formula is C23H23ClN4O3. The number of hydrogen-bond acceptors (Lipinski definition) is 6. The van der Waals surface area contributed by atoms with Gasteiger partial charge in [0.25, 0.3) is 0 Å². The molecule has 8 heteroatoms. The summed E-state index contributed by atoms with van der Waals surface area (Å²) in [6.07, 6.45) is 2.56. The summed E-state index contributed by atoms with van der Waals surface area (Å²) in [5.74, 6) is 0.815. The van der Waals surface area contributed by atoms with E-state index in [-0.39, 0.29) is 17.9 Å². The first-order chi connectivity index (χ1) is 15.1. The van der Waals surface area contributed by atoms with Crippen LogP contribution >= 0.6 is 11.6 Å². The van der Waals surface area contributed by atoms with E-state index in [9.17, 15) is 4.79 Å². The van der Waals surface area contributed by atoms with E-state index in [1.165, 1.54) is 31.5 Å². The molecule has 0 saturated carbocycles. The summed E-state index contributed by atoms with van der Waals surface area (Å²) >= 11 is 5.90. The highest BCUT2D eigenvalue weighted by molar-refractivity contribution is 6.30. The summed E-state index contributed by atoms with van der Waals surface area (Å²) in [5, 5.41) is 8.48. The van der Waals surface area contributed by atoms with Crippen LogP contribution in [-0.4, -0.2) is 58.2 Å². The average molecular weight is 439 g/mol. The Morgan fingerprint density at radius 1 is 1.03 bits per heavy atom. The van der Waals surface area contributed by atoms with Crippen LogP contribution in [0.2, 0.25) is 5.02 Å². The van der Waals surface area contributed by atoms with E-state index >= 15 is 0 Å². The van der Waals surface area contributed by atoms with E-state index in [0.717, 1.165) is 12.3 Å². The van der Waals surface area contributed by atoms with Gasteiger partial charge in [0, 0.05) is 17.1 Å². The second-order valence-corrected chi connectivity index (χ2v) is 8.43. The van der Waals surface area contributed by atoms with Crippen molar-refractivity contribution < 1.29 is 13.9 Å². The third kappa shape index (κ3) is 4.57. The molecule has 5 rings (SSSR count). The van der Waals surface area contributed by atoms with Gasteiger partial charge in [-0.2, -0.15) is 0 Å². The highest BCUT2D eigenvalue weighted by Crippen LogP contribution is 2.24. The minimum atomic E-state index is -0.284. The van der Waals surface area contributed by atoms with Gasteiger partial charge >= 0.3 is 11.8 Å². The average Bonchev–Trinajstić information content (AvgIpc) is 3.44. The lowest BCUT2D eigenvalue weighted by atomic mass is 10.1. The van der Waals surface area contributed by atoms with Crippen LogP contribution in [-0.2, 0) is 6.54 Å². The number of aromatic nitrogens is 2. The maximum absolute atomic E-state index is 12.6. The second-order valence-electron chi connectivity index (χ2n) is 8.00. The summed E-state index contributed by atoms with van der Waals surface area (Å²) < 4.78 is 11.5. The van der Waals surface area contributed by atoms with Gasteiger partial charge in [0.1, 0.15) is 11.9 Å². The minimum Gasteiger partial charge on any atom is -0.487 e. The maximum Gasteiger partial charge on any atom is 0.311 e. The van der Waals surface area contributed by atoms with Gasteiger partial charge in [0.15, 0.2) is 0 Å². The van der Waals surface area contributed by atoms with Crippen molar-refractivity contribution >= 4 is 17.5 Å². The molecule has 2 aromatic carbocycles. The van der Waals surface area contributed by atoms with Crippen LogP contribution in [0.5, 0.6) is 5.75 Å². The van der Waals surface area contributed by atoms with Crippen molar-refractivity contribution in [1.29, 1.82) is 0 Å². The van der Waals surface area contributed by atoms with E-state index < -0.39 is 0 Å². The number of carbonyl (C=O) groups excluding carboxylic acids is 1. The summed E-state index contributed by atoms with van der Waals surface area (Å²) in [4.78, 5) is 16.7. The van der Waals surface area contributed by atoms with Crippen molar-refractivity contribution in [3.63, 3.8) is 0 Å². The number of amides is 1. The van der Waals surface area contributed by atoms with Gasteiger partial charge in [-0.15, -0.1) is 10.2 Å². The molecule has 2 fully saturated rings. The summed E-state index contributed by atoms with van der Waals surface area (Å²) in [6.45, 7) is 4.35. The topological polar surface area (TPSA) is 71.7 Å². The predicted molar refractivity (Wildman–Crippen MR) is 116 cm³/mol. The number of likely N-dealkylation sites (tertiary alicyclic amines) is 2. The molecule has 2 aliphatic rings. The summed E-state index contributed by atoms with van der Waals surface area (Å²) in [5.41, 5.74) is 2.02. The Bertz CT molecular complexity index is 1040. The predicted octanol–water partition coefficient (Wildman–Crippen LogP) is 3.89. The highest BCUT2D eigenvalue weighted by Gasteiger charge is 2.35. The van der Waals surface area contributed by atoms with Crippen LogP contribution < -0.4 is 4.74 Å². The van der Waals surface area contributed by atoms with Crippen LogP contribution in [0, 0.1) is 0 Å². The van der Waals surface area contributed by atoms with Crippen LogP contribution in [0.15, 0.2) is 52.9 Å². The maximum atomic E-state index is 12.6. The molecule has 0 bridgehead atoms. The fourth-order valence-corrected chi connectivity index (χ4v) is 4.02. The molecule has 1 amide bonds. The summed E-state index contributed by atoms with van der Waals surface area (Å²) in [6, 6.07) is 15.3. The van der Waals surface area contributed by atoms with Crippen LogP contribution in [0.25, 0.3) is 11.5 Å². The zero-order chi connectivity index (χ0) is 21.2. The molecule has 31 heavy (non-hydrogen) atoms. The number of benzene rings is 2. The summed E-state index contributed by atoms with van der Waals surface area (Å²) in [7, 11) is 0. The zero-order valence-corrected chi connectivity index (χ0v) is 17.8. The Hall–Kier alpha value is -2.90. The van der Waals surface area contributed by atoms with E-state index in [4.69, 9.17) is 20.8 Å². The first kappa shape index (κ1) is 20.0. The van der Waals surface area contributed by atoms with Crippen molar-refractivity contribution in [3.05, 3.63) is 65.0 Å². The molecule has 2 aliphatic heterocycles. The molecule has 2 saturated heterocycles. The largest absolute Gasteiger partial charge is 0.487 e. The molecule has 3 aromatic rings. The van der Waals surface area contributed by atoms with Crippen LogP contribution in [0.4, 0.5) is 0 Å². The number of halogens is 1. The van der Waals surface area contributed by atoms with Crippen molar-refractivity contribution in [2.24, 2.45) is 0 Å². The molecular weight excluding hydrogens is 416 g/mol. The number of nitrogens with zero attached hydrogens (tertiary/aromatic N) is 4. The monoisotopic (exact) mass is 438 g/mol. The van der Waals surface area contributed by atoms with Crippen molar-refractivity contribution in [2.45, 2.75) is 25.5 Å². The molecule has 1 aromatic heterocycles. The normalized spacial score (nSPS) is 17.0. The Labute approximate surface area is 185 Å². The van der Waals surface area contributed by atoms with Crippen molar-refractivity contribution in [1.82, 2.24) is 20.0 Å². The van der Waals surface area contributed by atoms with Gasteiger partial charge in [-0.3, -0.25) is 9.69 Å². The smallest absolute Gasteiger partial charge is 0.311 e. The second kappa shape index (κ2) is 8.69. The van der Waals surface area contributed by atoms with E-state index in [2.05, 4.69) is 27.2 Å². The standard InChI is InChI=1S/C23H23ClN4O3/c24-18-7-5-17(6-8-18)21-25-26-22(31-21)23(29)28-14-20(15-28)30-19-9-3-16(4-10-19)13-27-11-1-2-12-27/h3-10,20H,1-2,11-15H2. The quantitative estimate of drug-likeness (QED) is 0.581. The minimum absolute atomic E-state index is 0.0188. The Balaban J connectivity index is 1.12. The first-order valence-electron chi connectivity index (χ1n) is 10.5. The van der Waals surface area contributed by atoms with Gasteiger partial charge in [0.05, 0.1) is 13.1 Å². The fourth-order valence-electron chi connectivity index (χ4n) is 3.90. The molecule has 0 radical (unpaired) electrons. The van der Waals surface area contributed by atoms with Crippen molar-refractivity contribution in [2.75, 3.05) is 26.2 Å². The lowest BCUT2D eigenvalue weighted by Crippen LogP contribution is -2.56. The molecule has 0 atom stereocenters. The van der Waals surface area contributed by atoms with Gasteiger partial charge in [-0.05, 0) is 67.9 Å². The molecule has 0 unspecified atom stereocenters. The molecule has 3 heterocycles. The number of rotatable bonds is 6. The fraction of sp³-hybridized carbons (Fsp3) is 0.348. The number of carbonyl (C=O) groups is 1. The van der Waals surface area contributed by atoms with Crippen molar-refractivity contribution in [3.8, 4) is 17.2 Å². The van der Waals surface area contributed by atoms with Gasteiger partial charge < -0.3 is 14.1 Å². The molecule has 0 N–H and O–H groups in total. The SMILES string of the molecule is O=C(c1nnc(-c2ccc(Cl)cc2)o1)N1CC(Oc2ccc(CN3CCCC3)cc2)C1. The van der Waals surface area contributed by atoms with Gasteiger partial charge in [0.2, 0.25) is 5.89 Å². The first-order valence-corrected chi connectivity index (χ1v) is 10.9. The van der Waals surface area contributed by atoms with E-state index in [1.807, 2.05) is 12.1 Å². The Morgan fingerprint density at radius 2 is 1.74 bits per heavy atom. The molecule has 160 valence electrons. The van der Waals surface area contributed by atoms with Gasteiger partial charge in [-0.25, -0.2) is 0 Å². The molecule has 0 aliphatic carbocycles. The lowest BCUT2D eigenvalue weighted by molar-refractivity contribution is 0.0150.